The average Bonchev–Trinajstić information content (AvgIpc) is 2.19. The van der Waals surface area contributed by atoms with Gasteiger partial charge in [0.05, 0.1) is 6.61 Å². The summed E-state index contributed by atoms with van der Waals surface area (Å²) in [5.41, 5.74) is 5.24. The smallest absolute Gasteiger partial charge is 0.394 e. The van der Waals surface area contributed by atoms with Crippen molar-refractivity contribution in [2.45, 2.75) is 30.3 Å². The van der Waals surface area contributed by atoms with Gasteiger partial charge in [-0.15, -0.1) is 0 Å². The summed E-state index contributed by atoms with van der Waals surface area (Å²) in [5.74, 6) is -2.94. The molecule has 8 N–H and O–H groups in total. The summed E-state index contributed by atoms with van der Waals surface area (Å²) < 4.78 is 19.3. The minimum absolute atomic E-state index is 0.822. The van der Waals surface area contributed by atoms with E-state index in [1.807, 2.05) is 0 Å². The number of rotatable bonds is 3. The van der Waals surface area contributed by atoms with Crippen LogP contribution in [0, 0.1) is 0 Å². The van der Waals surface area contributed by atoms with Crippen molar-refractivity contribution >= 4 is 7.82 Å². The minimum Gasteiger partial charge on any atom is -0.394 e. The van der Waals surface area contributed by atoms with Crippen LogP contribution in [-0.2, 0) is 13.8 Å². The molecular formula is C6H14NO9P. The Labute approximate surface area is 95.4 Å². The van der Waals surface area contributed by atoms with Crippen LogP contribution in [0.25, 0.3) is 0 Å². The maximum Gasteiger partial charge on any atom is 0.472 e. The third kappa shape index (κ3) is 3.01. The van der Waals surface area contributed by atoms with Crippen molar-refractivity contribution in [3.63, 3.8) is 0 Å². The standard InChI is InChI=1S/C6H14NO9P/c7-3-5(10)15-2(1-8)4(9)6(3,11)16-17(12,13)14/h2-5,8-11H,1,7H2,(H2,12,13,14)/t2-,3+,4-,5-,6+/m1/s1. The van der Waals surface area contributed by atoms with Crippen molar-refractivity contribution in [2.75, 3.05) is 6.61 Å². The average molecular weight is 275 g/mol. The van der Waals surface area contributed by atoms with Gasteiger partial charge in [0.25, 0.3) is 0 Å². The summed E-state index contributed by atoms with van der Waals surface area (Å²) in [5, 5.41) is 37.4. The van der Waals surface area contributed by atoms with Crippen LogP contribution >= 0.6 is 7.82 Å². The second-order valence-corrected chi connectivity index (χ2v) is 4.72. The van der Waals surface area contributed by atoms with Gasteiger partial charge in [0, 0.05) is 0 Å². The number of nitrogens with two attached hydrogens (primary N) is 1. The van der Waals surface area contributed by atoms with E-state index in [0.29, 0.717) is 0 Å². The fourth-order valence-corrected chi connectivity index (χ4v) is 2.06. The molecular weight excluding hydrogens is 261 g/mol. The first-order chi connectivity index (χ1) is 7.62. The molecule has 1 aliphatic heterocycles. The first-order valence-corrected chi connectivity index (χ1v) is 6.01. The van der Waals surface area contributed by atoms with Crippen molar-refractivity contribution in [1.29, 1.82) is 0 Å². The van der Waals surface area contributed by atoms with Crippen LogP contribution in [0.5, 0.6) is 0 Å². The van der Waals surface area contributed by atoms with Gasteiger partial charge in [-0.2, -0.15) is 0 Å². The Morgan fingerprint density at radius 2 is 1.94 bits per heavy atom. The number of aliphatic hydroxyl groups is 4. The number of aliphatic hydroxyl groups excluding tert-OH is 3. The van der Waals surface area contributed by atoms with E-state index in [1.165, 1.54) is 0 Å². The lowest BCUT2D eigenvalue weighted by Crippen LogP contribution is -2.70. The van der Waals surface area contributed by atoms with Gasteiger partial charge in [0.1, 0.15) is 18.2 Å². The molecule has 17 heavy (non-hydrogen) atoms. The zero-order chi connectivity index (χ0) is 13.4. The summed E-state index contributed by atoms with van der Waals surface area (Å²) in [6.07, 6.45) is -5.41. The van der Waals surface area contributed by atoms with Gasteiger partial charge >= 0.3 is 7.82 Å². The summed E-state index contributed by atoms with van der Waals surface area (Å²) in [6.45, 7) is -0.822. The molecule has 1 fully saturated rings. The minimum atomic E-state index is -5.18. The Hall–Kier alpha value is -0.130. The van der Waals surface area contributed by atoms with Gasteiger partial charge in [-0.25, -0.2) is 9.09 Å². The fraction of sp³-hybridized carbons (Fsp3) is 1.00. The van der Waals surface area contributed by atoms with E-state index < -0.39 is 44.8 Å². The van der Waals surface area contributed by atoms with Crippen LogP contribution < -0.4 is 5.73 Å². The summed E-state index contributed by atoms with van der Waals surface area (Å²) >= 11 is 0. The van der Waals surface area contributed by atoms with Gasteiger partial charge in [0.2, 0.25) is 5.79 Å². The lowest BCUT2D eigenvalue weighted by Gasteiger charge is -2.45. The highest BCUT2D eigenvalue weighted by Gasteiger charge is 2.57. The van der Waals surface area contributed by atoms with Crippen LogP contribution in [0.4, 0.5) is 0 Å². The van der Waals surface area contributed by atoms with Crippen molar-refractivity contribution in [1.82, 2.24) is 0 Å². The first kappa shape index (κ1) is 14.9. The van der Waals surface area contributed by atoms with Gasteiger partial charge < -0.3 is 40.7 Å². The molecule has 5 atom stereocenters. The molecule has 0 aliphatic carbocycles. The van der Waals surface area contributed by atoms with Gasteiger partial charge in [-0.3, -0.25) is 0 Å². The van der Waals surface area contributed by atoms with Gasteiger partial charge in [-0.05, 0) is 0 Å². The molecule has 1 saturated heterocycles. The highest BCUT2D eigenvalue weighted by molar-refractivity contribution is 7.46. The fourth-order valence-electron chi connectivity index (χ4n) is 1.45. The van der Waals surface area contributed by atoms with Gasteiger partial charge in [0.15, 0.2) is 6.29 Å². The predicted octanol–water partition coefficient (Wildman–Crippen LogP) is -3.82. The van der Waals surface area contributed by atoms with E-state index in [0.717, 1.165) is 0 Å². The zero-order valence-corrected chi connectivity index (χ0v) is 9.34. The van der Waals surface area contributed by atoms with Crippen molar-refractivity contribution < 1.29 is 44.0 Å². The lowest BCUT2D eigenvalue weighted by molar-refractivity contribution is -0.338. The molecule has 0 bridgehead atoms. The van der Waals surface area contributed by atoms with E-state index in [1.54, 1.807) is 0 Å². The topological polar surface area (TPSA) is 183 Å². The predicted molar refractivity (Wildman–Crippen MR) is 50.0 cm³/mol. The summed E-state index contributed by atoms with van der Waals surface area (Å²) in [7, 11) is -5.18. The molecule has 1 rings (SSSR count). The van der Waals surface area contributed by atoms with E-state index >= 15 is 0 Å². The van der Waals surface area contributed by atoms with E-state index in [4.69, 9.17) is 20.6 Å². The van der Waals surface area contributed by atoms with E-state index in [-0.39, 0.29) is 0 Å². The van der Waals surface area contributed by atoms with Crippen LogP contribution in [0.1, 0.15) is 0 Å². The molecule has 0 saturated carbocycles. The molecule has 0 unspecified atom stereocenters. The molecule has 0 aromatic rings. The third-order valence-corrected chi connectivity index (χ3v) is 2.85. The number of ether oxygens (including phenoxy) is 1. The van der Waals surface area contributed by atoms with Crippen LogP contribution in [0.2, 0.25) is 0 Å². The zero-order valence-electron chi connectivity index (χ0n) is 8.45. The Bertz CT molecular complexity index is 321. The molecule has 1 aliphatic rings. The highest BCUT2D eigenvalue weighted by Crippen LogP contribution is 2.45. The number of phosphoric acid groups is 1. The van der Waals surface area contributed by atoms with Crippen LogP contribution in [0.15, 0.2) is 0 Å². The van der Waals surface area contributed by atoms with Crippen molar-refractivity contribution in [3.8, 4) is 0 Å². The lowest BCUT2D eigenvalue weighted by atomic mass is 9.94. The second kappa shape index (κ2) is 4.86. The van der Waals surface area contributed by atoms with Crippen molar-refractivity contribution in [2.24, 2.45) is 5.73 Å². The Morgan fingerprint density at radius 3 is 2.35 bits per heavy atom. The van der Waals surface area contributed by atoms with E-state index in [2.05, 4.69) is 9.26 Å². The molecule has 0 radical (unpaired) electrons. The van der Waals surface area contributed by atoms with Crippen LogP contribution in [-0.4, -0.2) is 67.1 Å². The molecule has 0 spiro atoms. The van der Waals surface area contributed by atoms with E-state index in [9.17, 15) is 19.9 Å². The SMILES string of the molecule is N[C@H]1[C@H](O)O[C@H](CO)[C@@H](O)[C@@]1(O)OP(=O)(O)O. The largest absolute Gasteiger partial charge is 0.472 e. The first-order valence-electron chi connectivity index (χ1n) is 4.48. The number of hydrogen-bond acceptors (Lipinski definition) is 8. The Kier molecular flexibility index (Phi) is 4.27. The Balaban J connectivity index is 3.02. The summed E-state index contributed by atoms with van der Waals surface area (Å²) in [6, 6.07) is -1.83. The monoisotopic (exact) mass is 275 g/mol. The van der Waals surface area contributed by atoms with Crippen molar-refractivity contribution in [3.05, 3.63) is 0 Å². The second-order valence-electron chi connectivity index (χ2n) is 3.55. The quantitative estimate of drug-likeness (QED) is 0.199. The normalized spacial score (nSPS) is 43.7. The molecule has 1 heterocycles. The maximum atomic E-state index is 10.7. The number of phosphoric ester groups is 1. The van der Waals surface area contributed by atoms with Gasteiger partial charge in [-0.1, -0.05) is 0 Å². The number of hydrogen-bond donors (Lipinski definition) is 7. The summed E-state index contributed by atoms with van der Waals surface area (Å²) in [4.78, 5) is 17.2. The highest BCUT2D eigenvalue weighted by atomic mass is 31.2. The molecule has 11 heteroatoms. The molecule has 0 aromatic heterocycles. The molecule has 10 nitrogen and oxygen atoms in total. The Morgan fingerprint density at radius 1 is 1.41 bits per heavy atom. The van der Waals surface area contributed by atoms with Crippen LogP contribution in [0.3, 0.4) is 0 Å². The maximum absolute atomic E-state index is 10.7. The molecule has 0 amide bonds. The third-order valence-electron chi connectivity index (χ3n) is 2.32. The molecule has 0 aromatic carbocycles. The molecule has 102 valence electrons.